The fourth-order valence-electron chi connectivity index (χ4n) is 1.67. The highest BCUT2D eigenvalue weighted by Crippen LogP contribution is 2.33. The Bertz CT molecular complexity index is 407. The van der Waals surface area contributed by atoms with Crippen LogP contribution in [0.25, 0.3) is 0 Å². The van der Waals surface area contributed by atoms with E-state index in [1.54, 1.807) is 0 Å². The maximum absolute atomic E-state index is 5.69. The molecule has 1 unspecified atom stereocenters. The molecule has 1 N–H and O–H groups in total. The largest absolute Gasteiger partial charge is 0.492 e. The molecule has 1 rings (SSSR count). The van der Waals surface area contributed by atoms with Crippen molar-refractivity contribution in [3.05, 3.63) is 39.3 Å². The molecule has 0 radical (unpaired) electrons. The molecule has 0 amide bonds. The molecule has 18 heavy (non-hydrogen) atoms. The number of hydrogen-bond acceptors (Lipinski definition) is 2. The Morgan fingerprint density at radius 3 is 2.78 bits per heavy atom. The van der Waals surface area contributed by atoms with Crippen LogP contribution < -0.4 is 10.1 Å². The zero-order chi connectivity index (χ0) is 13.5. The van der Waals surface area contributed by atoms with Crippen molar-refractivity contribution in [2.24, 2.45) is 0 Å². The number of hydrogen-bond donors (Lipinski definition) is 1. The minimum Gasteiger partial charge on any atom is -0.492 e. The van der Waals surface area contributed by atoms with Crippen LogP contribution in [0, 0.1) is 0 Å². The van der Waals surface area contributed by atoms with Crippen molar-refractivity contribution in [2.75, 3.05) is 6.61 Å². The van der Waals surface area contributed by atoms with Crippen molar-refractivity contribution < 1.29 is 4.74 Å². The molecule has 4 heteroatoms. The van der Waals surface area contributed by atoms with Crippen molar-refractivity contribution in [2.45, 2.75) is 32.9 Å². The van der Waals surface area contributed by atoms with Crippen molar-refractivity contribution >= 4 is 31.9 Å². The summed E-state index contributed by atoms with van der Waals surface area (Å²) in [6.45, 7) is 9.33. The van der Waals surface area contributed by atoms with Crippen LogP contribution in [0.15, 0.2) is 33.7 Å². The van der Waals surface area contributed by atoms with E-state index in [2.05, 4.69) is 56.7 Å². The van der Waals surface area contributed by atoms with Crippen molar-refractivity contribution in [3.8, 4) is 5.75 Å². The van der Waals surface area contributed by atoms with Crippen LogP contribution in [0.3, 0.4) is 0 Å². The molecule has 0 aliphatic heterocycles. The number of nitrogens with one attached hydrogen (secondary N) is 1. The molecule has 0 aliphatic rings. The molecule has 0 aliphatic carbocycles. The van der Waals surface area contributed by atoms with Crippen LogP contribution in [0.5, 0.6) is 5.75 Å². The van der Waals surface area contributed by atoms with Gasteiger partial charge in [-0.2, -0.15) is 0 Å². The molecule has 0 heterocycles. The van der Waals surface area contributed by atoms with Gasteiger partial charge in [0.2, 0.25) is 0 Å². The van der Waals surface area contributed by atoms with Gasteiger partial charge in [0.1, 0.15) is 5.75 Å². The van der Waals surface area contributed by atoms with Gasteiger partial charge in [0, 0.05) is 22.6 Å². The van der Waals surface area contributed by atoms with Gasteiger partial charge in [0.05, 0.1) is 11.1 Å². The summed E-state index contributed by atoms with van der Waals surface area (Å²) in [7, 11) is 0. The van der Waals surface area contributed by atoms with Crippen molar-refractivity contribution in [1.29, 1.82) is 0 Å². The van der Waals surface area contributed by atoms with Gasteiger partial charge in [0.15, 0.2) is 0 Å². The average Bonchev–Trinajstić information content (AvgIpc) is 2.31. The molecule has 0 saturated heterocycles. The van der Waals surface area contributed by atoms with Gasteiger partial charge >= 0.3 is 0 Å². The van der Waals surface area contributed by atoms with Gasteiger partial charge in [-0.15, -0.1) is 6.58 Å². The SMILES string of the molecule is C=CCC(C)NCc1cc(Br)cc(Br)c1OCC. The minimum absolute atomic E-state index is 0.412. The normalized spacial score (nSPS) is 12.2. The van der Waals surface area contributed by atoms with E-state index in [9.17, 15) is 0 Å². The Hall–Kier alpha value is -0.320. The summed E-state index contributed by atoms with van der Waals surface area (Å²) in [5, 5.41) is 3.46. The first-order valence-electron chi connectivity index (χ1n) is 6.03. The molecule has 0 bridgehead atoms. The molecule has 100 valence electrons. The third-order valence-electron chi connectivity index (χ3n) is 2.54. The Labute approximate surface area is 126 Å². The first kappa shape index (κ1) is 15.7. The molecular formula is C14H19Br2NO. The van der Waals surface area contributed by atoms with Gasteiger partial charge in [-0.3, -0.25) is 0 Å². The highest BCUT2D eigenvalue weighted by atomic mass is 79.9. The van der Waals surface area contributed by atoms with Gasteiger partial charge in [-0.1, -0.05) is 22.0 Å². The summed E-state index contributed by atoms with van der Waals surface area (Å²) >= 11 is 7.04. The monoisotopic (exact) mass is 375 g/mol. The van der Waals surface area contributed by atoms with Gasteiger partial charge < -0.3 is 10.1 Å². The second kappa shape index (κ2) is 7.97. The van der Waals surface area contributed by atoms with E-state index < -0.39 is 0 Å². The first-order chi connectivity index (χ1) is 8.58. The third kappa shape index (κ3) is 4.75. The quantitative estimate of drug-likeness (QED) is 0.698. The zero-order valence-corrected chi connectivity index (χ0v) is 14.0. The Morgan fingerprint density at radius 2 is 2.17 bits per heavy atom. The van der Waals surface area contributed by atoms with Crippen molar-refractivity contribution in [1.82, 2.24) is 5.32 Å². The Kier molecular flexibility index (Phi) is 6.97. The lowest BCUT2D eigenvalue weighted by Crippen LogP contribution is -2.25. The van der Waals surface area contributed by atoms with Crippen LogP contribution in [0.2, 0.25) is 0 Å². The van der Waals surface area contributed by atoms with Gasteiger partial charge in [-0.05, 0) is 48.3 Å². The summed E-state index contributed by atoms with van der Waals surface area (Å²) < 4.78 is 7.71. The highest BCUT2D eigenvalue weighted by molar-refractivity contribution is 9.11. The number of halogens is 2. The second-order valence-electron chi connectivity index (χ2n) is 4.12. The summed E-state index contributed by atoms with van der Waals surface area (Å²) in [5.41, 5.74) is 1.15. The number of ether oxygens (including phenoxy) is 1. The standard InChI is InChI=1S/C14H19Br2NO/c1-4-6-10(3)17-9-11-7-12(15)8-13(16)14(11)18-5-2/h4,7-8,10,17H,1,5-6,9H2,2-3H3. The smallest absolute Gasteiger partial charge is 0.138 e. The summed E-state index contributed by atoms with van der Waals surface area (Å²) in [5.74, 6) is 0.916. The van der Waals surface area contributed by atoms with Crippen LogP contribution in [0.4, 0.5) is 0 Å². The second-order valence-corrected chi connectivity index (χ2v) is 5.89. The minimum atomic E-state index is 0.412. The summed E-state index contributed by atoms with van der Waals surface area (Å²) in [6.07, 6.45) is 2.89. The predicted octanol–water partition coefficient (Wildman–Crippen LogP) is 4.66. The molecule has 0 fully saturated rings. The van der Waals surface area contributed by atoms with Gasteiger partial charge in [0.25, 0.3) is 0 Å². The molecule has 0 saturated carbocycles. The highest BCUT2D eigenvalue weighted by Gasteiger charge is 2.10. The number of benzene rings is 1. The van der Waals surface area contributed by atoms with E-state index in [0.29, 0.717) is 12.6 Å². The van der Waals surface area contributed by atoms with Crippen LogP contribution in [-0.4, -0.2) is 12.6 Å². The van der Waals surface area contributed by atoms with Crippen LogP contribution >= 0.6 is 31.9 Å². The molecule has 1 aromatic carbocycles. The fourth-order valence-corrected chi connectivity index (χ4v) is 3.10. The third-order valence-corrected chi connectivity index (χ3v) is 3.58. The molecular weight excluding hydrogens is 358 g/mol. The van der Waals surface area contributed by atoms with Crippen molar-refractivity contribution in [3.63, 3.8) is 0 Å². The molecule has 1 atom stereocenters. The van der Waals surface area contributed by atoms with E-state index in [-0.39, 0.29) is 0 Å². The predicted molar refractivity (Wildman–Crippen MR) is 84.1 cm³/mol. The topological polar surface area (TPSA) is 21.3 Å². The average molecular weight is 377 g/mol. The lowest BCUT2D eigenvalue weighted by Gasteiger charge is -2.16. The number of rotatable bonds is 7. The first-order valence-corrected chi connectivity index (χ1v) is 7.62. The Balaban J connectivity index is 2.82. The van der Waals surface area contributed by atoms with E-state index in [1.807, 2.05) is 19.1 Å². The fraction of sp³-hybridized carbons (Fsp3) is 0.429. The van der Waals surface area contributed by atoms with Gasteiger partial charge in [-0.25, -0.2) is 0 Å². The molecule has 2 nitrogen and oxygen atoms in total. The Morgan fingerprint density at radius 1 is 1.44 bits per heavy atom. The van der Waals surface area contributed by atoms with E-state index in [1.165, 1.54) is 0 Å². The molecule has 1 aromatic rings. The molecule has 0 aromatic heterocycles. The van der Waals surface area contributed by atoms with E-state index in [4.69, 9.17) is 4.74 Å². The van der Waals surface area contributed by atoms with E-state index in [0.717, 1.165) is 33.2 Å². The zero-order valence-electron chi connectivity index (χ0n) is 10.8. The molecule has 0 spiro atoms. The maximum Gasteiger partial charge on any atom is 0.138 e. The maximum atomic E-state index is 5.69. The van der Waals surface area contributed by atoms with E-state index >= 15 is 0 Å². The van der Waals surface area contributed by atoms with Crippen LogP contribution in [0.1, 0.15) is 25.8 Å². The lowest BCUT2D eigenvalue weighted by atomic mass is 10.1. The van der Waals surface area contributed by atoms with Crippen LogP contribution in [-0.2, 0) is 6.54 Å². The lowest BCUT2D eigenvalue weighted by molar-refractivity contribution is 0.332. The summed E-state index contributed by atoms with van der Waals surface area (Å²) in [4.78, 5) is 0. The summed E-state index contributed by atoms with van der Waals surface area (Å²) in [6, 6.07) is 4.50.